The fourth-order valence-corrected chi connectivity index (χ4v) is 7.07. The molecule has 3 aromatic carbocycles. The van der Waals surface area contributed by atoms with Gasteiger partial charge in [-0.05, 0) is 62.7 Å². The third-order valence-electron chi connectivity index (χ3n) is 8.16. The summed E-state index contributed by atoms with van der Waals surface area (Å²) in [6.45, 7) is 8.33. The van der Waals surface area contributed by atoms with Gasteiger partial charge in [-0.3, -0.25) is 14.4 Å². The van der Waals surface area contributed by atoms with E-state index in [9.17, 15) is 18.3 Å². The zero-order valence-corrected chi connectivity index (χ0v) is 27.0. The Hall–Kier alpha value is -4.19. The van der Waals surface area contributed by atoms with E-state index in [1.807, 2.05) is 32.2 Å². The number of carbonyl (C=O) groups is 1. The van der Waals surface area contributed by atoms with Crippen LogP contribution in [0.4, 0.5) is 5.69 Å². The number of carbonyl (C=O) groups excluding carboxylic acids is 1. The zero-order chi connectivity index (χ0) is 32.3. The topological polar surface area (TPSA) is 125 Å². The molecule has 1 aliphatic rings. The molecule has 10 nitrogen and oxygen atoms in total. The van der Waals surface area contributed by atoms with Crippen LogP contribution >= 0.6 is 0 Å². The molecule has 3 atom stereocenters. The molecule has 0 fully saturated rings. The van der Waals surface area contributed by atoms with Gasteiger partial charge in [-0.2, -0.15) is 0 Å². The second kappa shape index (κ2) is 13.4. The lowest BCUT2D eigenvalue weighted by Gasteiger charge is -2.38. The lowest BCUT2D eigenvalue weighted by Crippen LogP contribution is -2.49. The fourth-order valence-electron chi connectivity index (χ4n) is 5.69. The Morgan fingerprint density at radius 1 is 1.07 bits per heavy atom. The summed E-state index contributed by atoms with van der Waals surface area (Å²) in [5, 5.41) is 13.7. The number of sulfonamides is 1. The molecular weight excluding hydrogens is 592 g/mol. The normalized spacial score (nSPS) is 17.8. The summed E-state index contributed by atoms with van der Waals surface area (Å²) >= 11 is 0. The minimum Gasteiger partial charge on any atom is -0.488 e. The number of ether oxygens (including phenoxy) is 1. The smallest absolute Gasteiger partial charge is 0.267 e. The van der Waals surface area contributed by atoms with Crippen molar-refractivity contribution in [2.24, 2.45) is 5.92 Å². The Bertz CT molecular complexity index is 1720. The molecule has 1 aromatic heterocycles. The summed E-state index contributed by atoms with van der Waals surface area (Å²) < 4.78 is 40.5. The maximum atomic E-state index is 13.8. The van der Waals surface area contributed by atoms with Gasteiger partial charge in [0.05, 0.1) is 18.2 Å². The molecule has 0 aliphatic carbocycles. The summed E-state index contributed by atoms with van der Waals surface area (Å²) in [6.07, 6.45) is -0.288. The molecule has 2 heterocycles. The van der Waals surface area contributed by atoms with Gasteiger partial charge in [-0.25, -0.2) is 8.42 Å². The number of aliphatic hydroxyl groups excluding tert-OH is 1. The molecule has 11 heteroatoms. The SMILES string of the molecule is Cc1noc(C)c1S(=O)(=O)Nc1ccc2c(c1)C(=O)N([C@@H](C)CO)C[C@H](C)[C@H](CN(C)Cc1ccc(-c3ccccc3)cc1)O2. The van der Waals surface area contributed by atoms with Crippen molar-refractivity contribution < 1.29 is 27.6 Å². The third kappa shape index (κ3) is 7.22. The van der Waals surface area contributed by atoms with Gasteiger partial charge >= 0.3 is 0 Å². The Balaban J connectivity index is 1.38. The van der Waals surface area contributed by atoms with Gasteiger partial charge in [0.1, 0.15) is 17.5 Å². The van der Waals surface area contributed by atoms with E-state index in [0.717, 1.165) is 11.1 Å². The second-order valence-electron chi connectivity index (χ2n) is 11.9. The molecule has 0 spiro atoms. The minimum atomic E-state index is -4.03. The number of hydrogen-bond donors (Lipinski definition) is 2. The van der Waals surface area contributed by atoms with Crippen LogP contribution in [0.5, 0.6) is 5.75 Å². The highest BCUT2D eigenvalue weighted by molar-refractivity contribution is 7.92. The average Bonchev–Trinajstić information content (AvgIpc) is 3.37. The van der Waals surface area contributed by atoms with Gasteiger partial charge in [0.2, 0.25) is 0 Å². The maximum absolute atomic E-state index is 13.8. The number of rotatable bonds is 10. The van der Waals surface area contributed by atoms with Crippen molar-refractivity contribution in [2.75, 3.05) is 31.5 Å². The summed E-state index contributed by atoms with van der Waals surface area (Å²) in [5.41, 5.74) is 4.14. The minimum absolute atomic E-state index is 0.0426. The monoisotopic (exact) mass is 632 g/mol. The van der Waals surface area contributed by atoms with Crippen LogP contribution in [0.15, 0.2) is 82.2 Å². The number of aliphatic hydroxyl groups is 1. The fraction of sp³-hybridized carbons (Fsp3) is 0.353. The first-order valence-electron chi connectivity index (χ1n) is 15.0. The van der Waals surface area contributed by atoms with Gasteiger partial charge in [0, 0.05) is 31.2 Å². The van der Waals surface area contributed by atoms with Crippen LogP contribution in [0, 0.1) is 19.8 Å². The highest BCUT2D eigenvalue weighted by atomic mass is 32.2. The number of aryl methyl sites for hydroxylation is 2. The second-order valence-corrected chi connectivity index (χ2v) is 13.5. The zero-order valence-electron chi connectivity index (χ0n) is 26.2. The van der Waals surface area contributed by atoms with Crippen molar-refractivity contribution in [2.45, 2.75) is 51.3 Å². The van der Waals surface area contributed by atoms with Crippen LogP contribution < -0.4 is 9.46 Å². The predicted molar refractivity (Wildman–Crippen MR) is 173 cm³/mol. The van der Waals surface area contributed by atoms with Crippen molar-refractivity contribution in [1.29, 1.82) is 0 Å². The molecule has 4 aromatic rings. The Labute approximate surface area is 264 Å². The van der Waals surface area contributed by atoms with Gasteiger partial charge < -0.3 is 19.3 Å². The maximum Gasteiger partial charge on any atom is 0.267 e. The standard InChI is InChI=1S/C34H40N4O6S/c1-22-18-38(23(2)21-39)34(40)30-17-29(36-45(41,42)33-24(3)35-44-25(33)4)15-16-31(30)43-32(22)20-37(5)19-26-11-13-28(14-12-26)27-9-7-6-8-10-27/h6-17,22-23,32,36,39H,18-21H2,1-5H3/t22-,23-,32-/m0/s1. The Morgan fingerprint density at radius 2 is 1.76 bits per heavy atom. The number of aromatic nitrogens is 1. The highest BCUT2D eigenvalue weighted by Gasteiger charge is 2.34. The van der Waals surface area contributed by atoms with Crippen LogP contribution in [0.3, 0.4) is 0 Å². The predicted octanol–water partition coefficient (Wildman–Crippen LogP) is 5.11. The molecule has 0 unspecified atom stereocenters. The summed E-state index contributed by atoms with van der Waals surface area (Å²) in [4.78, 5) is 17.6. The van der Waals surface area contributed by atoms with E-state index in [4.69, 9.17) is 9.26 Å². The summed E-state index contributed by atoms with van der Waals surface area (Å²) in [5.74, 6) is 0.119. The van der Waals surface area contributed by atoms with E-state index in [0.29, 0.717) is 25.4 Å². The van der Waals surface area contributed by atoms with Crippen molar-refractivity contribution in [1.82, 2.24) is 15.0 Å². The highest BCUT2D eigenvalue weighted by Crippen LogP contribution is 2.32. The molecular formula is C34H40N4O6S. The quantitative estimate of drug-likeness (QED) is 0.247. The first-order chi connectivity index (χ1) is 21.5. The largest absolute Gasteiger partial charge is 0.488 e. The molecule has 0 bridgehead atoms. The van der Waals surface area contributed by atoms with Crippen molar-refractivity contribution in [3.8, 4) is 16.9 Å². The molecule has 2 N–H and O–H groups in total. The number of likely N-dealkylation sites (N-methyl/N-ethyl adjacent to an activating group) is 1. The number of amides is 1. The lowest BCUT2D eigenvalue weighted by molar-refractivity contribution is 0.0341. The number of benzene rings is 3. The Morgan fingerprint density at radius 3 is 2.40 bits per heavy atom. The number of hydrogen-bond acceptors (Lipinski definition) is 8. The van der Waals surface area contributed by atoms with Crippen molar-refractivity contribution in [3.05, 3.63) is 95.4 Å². The summed E-state index contributed by atoms with van der Waals surface area (Å²) in [7, 11) is -1.99. The number of fused-ring (bicyclic) bond motifs is 1. The van der Waals surface area contributed by atoms with E-state index in [2.05, 4.69) is 51.2 Å². The molecule has 0 radical (unpaired) electrons. The molecule has 45 heavy (non-hydrogen) atoms. The van der Waals surface area contributed by atoms with E-state index in [1.54, 1.807) is 30.9 Å². The van der Waals surface area contributed by atoms with Gasteiger partial charge in [0.25, 0.3) is 15.9 Å². The van der Waals surface area contributed by atoms with Crippen molar-refractivity contribution in [3.63, 3.8) is 0 Å². The van der Waals surface area contributed by atoms with E-state index in [1.165, 1.54) is 18.6 Å². The van der Waals surface area contributed by atoms with E-state index in [-0.39, 0.29) is 52.1 Å². The third-order valence-corrected chi connectivity index (χ3v) is 9.78. The number of anilines is 1. The first kappa shape index (κ1) is 32.2. The van der Waals surface area contributed by atoms with Crippen LogP contribution in [0.1, 0.15) is 41.2 Å². The average molecular weight is 633 g/mol. The van der Waals surface area contributed by atoms with E-state index < -0.39 is 16.1 Å². The molecule has 0 saturated heterocycles. The summed E-state index contributed by atoms with van der Waals surface area (Å²) in [6, 6.07) is 23.0. The van der Waals surface area contributed by atoms with Gasteiger partial charge in [0.15, 0.2) is 10.7 Å². The van der Waals surface area contributed by atoms with Crippen LogP contribution in [0.2, 0.25) is 0 Å². The Kier molecular flexibility index (Phi) is 9.62. The van der Waals surface area contributed by atoms with Crippen molar-refractivity contribution >= 4 is 21.6 Å². The van der Waals surface area contributed by atoms with Crippen LogP contribution in [-0.2, 0) is 16.6 Å². The number of nitrogens with zero attached hydrogens (tertiary/aromatic N) is 3. The van der Waals surface area contributed by atoms with Gasteiger partial charge in [-0.15, -0.1) is 0 Å². The lowest BCUT2D eigenvalue weighted by atomic mass is 9.99. The molecule has 5 rings (SSSR count). The molecule has 238 valence electrons. The molecule has 1 amide bonds. The number of nitrogens with one attached hydrogen (secondary N) is 1. The van der Waals surface area contributed by atoms with Crippen LogP contribution in [0.25, 0.3) is 11.1 Å². The molecule has 1 aliphatic heterocycles. The molecule has 0 saturated carbocycles. The van der Waals surface area contributed by atoms with E-state index >= 15 is 0 Å². The van der Waals surface area contributed by atoms with Gasteiger partial charge in [-0.1, -0.05) is 66.7 Å². The first-order valence-corrected chi connectivity index (χ1v) is 16.5. The van der Waals surface area contributed by atoms with Crippen LogP contribution in [-0.4, -0.2) is 73.3 Å².